The minimum atomic E-state index is -0.122. The highest BCUT2D eigenvalue weighted by Crippen LogP contribution is 2.63. The van der Waals surface area contributed by atoms with Crippen molar-refractivity contribution in [3.63, 3.8) is 0 Å². The first-order valence-electron chi connectivity index (χ1n) is 8.86. The molecule has 0 heterocycles. The van der Waals surface area contributed by atoms with Crippen LogP contribution < -0.4 is 0 Å². The van der Waals surface area contributed by atoms with Crippen LogP contribution in [0.3, 0.4) is 0 Å². The number of allylic oxidation sites excluding steroid dienone is 1. The number of Topliss-reactive ketones (excluding diaryl/α,β-unsaturated/α-hetero) is 1. The van der Waals surface area contributed by atoms with Gasteiger partial charge < -0.3 is 5.11 Å². The molecular weight excluding hydrogens is 263 g/mol. The van der Waals surface area contributed by atoms with Crippen LogP contribution in [0, 0.1) is 28.6 Å². The van der Waals surface area contributed by atoms with Crippen LogP contribution >= 0.6 is 0 Å². The van der Waals surface area contributed by atoms with Crippen LogP contribution in [0.25, 0.3) is 0 Å². The van der Waals surface area contributed by atoms with E-state index in [0.717, 1.165) is 50.9 Å². The predicted octanol–water partition coefficient (Wildman–Crippen LogP) is 3.88. The minimum absolute atomic E-state index is 0.0168. The third-order valence-electron chi connectivity index (χ3n) is 7.79. The summed E-state index contributed by atoms with van der Waals surface area (Å²) in [6, 6.07) is 0. The molecule has 0 saturated heterocycles. The van der Waals surface area contributed by atoms with Crippen LogP contribution in [0.2, 0.25) is 0 Å². The highest BCUT2D eigenvalue weighted by molar-refractivity contribution is 5.87. The number of carbonyl (C=O) groups excluding carboxylic acids is 1. The van der Waals surface area contributed by atoms with Gasteiger partial charge in [0.2, 0.25) is 0 Å². The van der Waals surface area contributed by atoms with Gasteiger partial charge in [-0.25, -0.2) is 0 Å². The van der Waals surface area contributed by atoms with E-state index < -0.39 is 0 Å². The third kappa shape index (κ3) is 1.78. The lowest BCUT2D eigenvalue weighted by Gasteiger charge is -2.56. The monoisotopic (exact) mass is 291 g/mol. The molecule has 0 aromatic rings. The van der Waals surface area contributed by atoms with Gasteiger partial charge in [0.25, 0.3) is 0 Å². The summed E-state index contributed by atoms with van der Waals surface area (Å²) in [7, 11) is 0. The second-order valence-corrected chi connectivity index (χ2v) is 8.57. The largest absolute Gasteiger partial charge is 0.393 e. The van der Waals surface area contributed by atoms with E-state index in [1.54, 1.807) is 0 Å². The fraction of sp³-hybridized carbons (Fsp3) is 0.842. The molecule has 4 aliphatic carbocycles. The maximum absolute atomic E-state index is 12.4. The third-order valence-corrected chi connectivity index (χ3v) is 7.79. The van der Waals surface area contributed by atoms with E-state index in [1.807, 2.05) is 0 Å². The van der Waals surface area contributed by atoms with Gasteiger partial charge in [0.1, 0.15) is 5.78 Å². The molecule has 0 aromatic carbocycles. The Labute approximate surface area is 128 Å². The zero-order valence-corrected chi connectivity index (χ0v) is 13.4. The molecule has 3 fully saturated rings. The Balaban J connectivity index is 1.69. The topological polar surface area (TPSA) is 37.3 Å². The number of rotatable bonds is 0. The van der Waals surface area contributed by atoms with Crippen LogP contribution in [0.5, 0.6) is 0 Å². The quantitative estimate of drug-likeness (QED) is 0.543. The molecule has 6 atom stereocenters. The van der Waals surface area contributed by atoms with E-state index in [2.05, 4.69) is 19.9 Å². The SMILES string of the molecule is C[C@]12C[13CH2][13C@H](O)[13CH2]C1=CC[C@@H]1[C@@H]2CC[C@]2(C)C(=O)CC[C@@H]12. The standard InChI is InChI=1S/C19H28O2/c1-18-9-7-13(20)11-12(18)3-4-14-15-5-6-17(21)19(15,2)10-8-16(14)18/h3,13-16,20H,4-11H2,1-2H3/t13-,14-,15-,16-,18-,19-/m0/s1/i7+1,11+1,13+1. The van der Waals surface area contributed by atoms with Crippen molar-refractivity contribution in [1.29, 1.82) is 0 Å². The molecule has 0 spiro atoms. The molecule has 0 radical (unpaired) electrons. The Hall–Kier alpha value is -0.630. The first kappa shape index (κ1) is 14.0. The van der Waals surface area contributed by atoms with Gasteiger partial charge in [0.15, 0.2) is 0 Å². The highest BCUT2D eigenvalue weighted by atomic mass is 16.4. The van der Waals surface area contributed by atoms with Crippen molar-refractivity contribution in [2.45, 2.75) is 71.3 Å². The first-order chi connectivity index (χ1) is 9.95. The Kier molecular flexibility index (Phi) is 2.96. The number of hydrogen-bond donors (Lipinski definition) is 1. The molecule has 116 valence electrons. The van der Waals surface area contributed by atoms with Crippen LogP contribution in [-0.4, -0.2) is 17.0 Å². The zero-order valence-electron chi connectivity index (χ0n) is 13.4. The smallest absolute Gasteiger partial charge is 0.139 e. The molecule has 0 aromatic heterocycles. The minimum Gasteiger partial charge on any atom is -0.393 e. The van der Waals surface area contributed by atoms with Crippen molar-refractivity contribution in [1.82, 2.24) is 0 Å². The summed E-state index contributed by atoms with van der Waals surface area (Å²) >= 11 is 0. The average molecular weight is 291 g/mol. The van der Waals surface area contributed by atoms with Crippen molar-refractivity contribution in [2.75, 3.05) is 0 Å². The summed E-state index contributed by atoms with van der Waals surface area (Å²) in [4.78, 5) is 12.4. The molecule has 0 aliphatic heterocycles. The molecule has 3 saturated carbocycles. The summed E-state index contributed by atoms with van der Waals surface area (Å²) in [6.45, 7) is 4.69. The predicted molar refractivity (Wildman–Crippen MR) is 82.7 cm³/mol. The summed E-state index contributed by atoms with van der Waals surface area (Å²) in [5.74, 6) is 2.60. The Morgan fingerprint density at radius 1 is 1.10 bits per heavy atom. The molecule has 1 N–H and O–H groups in total. The summed E-state index contributed by atoms with van der Waals surface area (Å²) in [5.41, 5.74) is 1.81. The van der Waals surface area contributed by atoms with E-state index in [0.29, 0.717) is 23.0 Å². The van der Waals surface area contributed by atoms with Gasteiger partial charge in [-0.3, -0.25) is 4.79 Å². The van der Waals surface area contributed by atoms with Gasteiger partial charge in [0, 0.05) is 11.8 Å². The van der Waals surface area contributed by atoms with Crippen LogP contribution in [-0.2, 0) is 4.79 Å². The summed E-state index contributed by atoms with van der Waals surface area (Å²) in [5, 5.41) is 10.00. The van der Waals surface area contributed by atoms with E-state index in [4.69, 9.17) is 0 Å². The summed E-state index contributed by atoms with van der Waals surface area (Å²) < 4.78 is 0. The van der Waals surface area contributed by atoms with Gasteiger partial charge in [-0.05, 0) is 68.1 Å². The van der Waals surface area contributed by atoms with Gasteiger partial charge in [-0.2, -0.15) is 0 Å². The number of aliphatic hydroxyl groups excluding tert-OH is 1. The fourth-order valence-electron chi connectivity index (χ4n) is 6.41. The van der Waals surface area contributed by atoms with Crippen molar-refractivity contribution >= 4 is 5.78 Å². The molecule has 0 bridgehead atoms. The maximum atomic E-state index is 12.4. The van der Waals surface area contributed by atoms with E-state index in [9.17, 15) is 9.90 Å². The Morgan fingerprint density at radius 2 is 1.81 bits per heavy atom. The molecule has 2 nitrogen and oxygen atoms in total. The van der Waals surface area contributed by atoms with E-state index in [1.165, 1.54) is 12.0 Å². The molecule has 4 rings (SSSR count). The number of fused-ring (bicyclic) bond motifs is 5. The zero-order chi connectivity index (χ0) is 14.8. The molecule has 0 amide bonds. The normalized spacial score (nSPS) is 52.7. The molecule has 21 heavy (non-hydrogen) atoms. The molecule has 0 unspecified atom stereocenters. The van der Waals surface area contributed by atoms with Crippen molar-refractivity contribution in [3.8, 4) is 0 Å². The number of hydrogen-bond acceptors (Lipinski definition) is 2. The number of carbonyl (C=O) groups is 1. The Morgan fingerprint density at radius 3 is 2.62 bits per heavy atom. The number of ketones is 1. The summed E-state index contributed by atoms with van der Waals surface area (Å²) in [6.07, 6.45) is 10.7. The van der Waals surface area contributed by atoms with Crippen LogP contribution in [0.4, 0.5) is 0 Å². The second kappa shape index (κ2) is 4.44. The van der Waals surface area contributed by atoms with E-state index >= 15 is 0 Å². The molecular formula is C19H28O2. The Bertz CT molecular complexity index is 508. The van der Waals surface area contributed by atoms with Crippen molar-refractivity contribution < 1.29 is 9.90 Å². The van der Waals surface area contributed by atoms with Gasteiger partial charge >= 0.3 is 0 Å². The lowest BCUT2D eigenvalue weighted by Crippen LogP contribution is -2.50. The van der Waals surface area contributed by atoms with Crippen LogP contribution in [0.1, 0.15) is 65.2 Å². The number of aliphatic hydroxyl groups is 1. The molecule has 2 heteroatoms. The van der Waals surface area contributed by atoms with Crippen LogP contribution in [0.15, 0.2) is 11.6 Å². The highest BCUT2D eigenvalue weighted by Gasteiger charge is 2.58. The lowest BCUT2D eigenvalue weighted by molar-refractivity contribution is -0.132. The van der Waals surface area contributed by atoms with Crippen molar-refractivity contribution in [3.05, 3.63) is 11.6 Å². The van der Waals surface area contributed by atoms with Gasteiger partial charge in [-0.15, -0.1) is 0 Å². The average Bonchev–Trinajstić information content (AvgIpc) is 2.76. The van der Waals surface area contributed by atoms with Gasteiger partial charge in [-0.1, -0.05) is 25.5 Å². The fourth-order valence-corrected chi connectivity index (χ4v) is 6.41. The first-order valence-corrected chi connectivity index (χ1v) is 8.86. The molecule has 4 aliphatic rings. The van der Waals surface area contributed by atoms with Gasteiger partial charge in [0.05, 0.1) is 6.10 Å². The lowest BCUT2D eigenvalue weighted by atomic mass is 9.50. The second-order valence-electron chi connectivity index (χ2n) is 8.57. The van der Waals surface area contributed by atoms with Crippen molar-refractivity contribution in [2.24, 2.45) is 28.6 Å². The van der Waals surface area contributed by atoms with E-state index in [-0.39, 0.29) is 11.5 Å². The maximum Gasteiger partial charge on any atom is 0.139 e.